The fourth-order valence-corrected chi connectivity index (χ4v) is 17.1. The van der Waals surface area contributed by atoms with Crippen LogP contribution in [0.5, 0.6) is 5.75 Å². The number of primary amides is 1. The number of halogens is 2. The lowest BCUT2D eigenvalue weighted by Crippen LogP contribution is -2.62. The first kappa shape index (κ1) is 101. The number of likely N-dealkylation sites (N-methyl/N-ethyl adjacent to an activating group) is 3. The number of benzene rings is 5. The molecule has 6 aromatic rings. The van der Waals surface area contributed by atoms with Crippen LogP contribution in [0.3, 0.4) is 0 Å². The molecule has 0 aliphatic carbocycles. The van der Waals surface area contributed by atoms with Gasteiger partial charge in [-0.25, -0.2) is 8.78 Å². The number of aromatic nitrogens is 1. The predicted molar refractivity (Wildman–Crippen MR) is 478 cm³/mol. The summed E-state index contributed by atoms with van der Waals surface area (Å²) in [6.45, 7) is 6.72. The molecule has 130 heavy (non-hydrogen) atoms. The van der Waals surface area contributed by atoms with Crippen LogP contribution in [-0.2, 0) is 114 Å². The van der Waals surface area contributed by atoms with Crippen molar-refractivity contribution in [2.45, 2.75) is 203 Å². The van der Waals surface area contributed by atoms with Gasteiger partial charge in [-0.1, -0.05) is 132 Å². The molecule has 0 saturated carbocycles. The Kier molecular flexibility index (Phi) is 37.6. The number of unbranched alkanes of at least 4 members (excludes halogenated alkanes) is 1. The highest BCUT2D eigenvalue weighted by Crippen LogP contribution is 2.28. The fourth-order valence-electron chi connectivity index (χ4n) is 16.2. The van der Waals surface area contributed by atoms with E-state index in [1.165, 1.54) is 84.4 Å². The topological polar surface area (TPSA) is 495 Å². The maximum absolute atomic E-state index is 15.7. The third-order valence-corrected chi connectivity index (χ3v) is 24.4. The predicted octanol–water partition coefficient (Wildman–Crippen LogP) is 1.77. The molecule has 9 rings (SSSR count). The third kappa shape index (κ3) is 28.1. The number of fused-ring (bicyclic) bond motifs is 3. The summed E-state index contributed by atoms with van der Waals surface area (Å²) in [5, 5.41) is 35.3. The van der Waals surface area contributed by atoms with Crippen LogP contribution in [0, 0.1) is 23.5 Å². The van der Waals surface area contributed by atoms with Crippen LogP contribution in [0.15, 0.2) is 134 Å². The molecule has 15 amide bonds. The zero-order chi connectivity index (χ0) is 94.6. The van der Waals surface area contributed by atoms with Crippen molar-refractivity contribution in [2.75, 3.05) is 65.4 Å². The van der Waals surface area contributed by atoms with E-state index in [1.807, 2.05) is 6.92 Å². The Bertz CT molecular complexity index is 4970. The molecule has 3 saturated heterocycles. The Balaban J connectivity index is 1.12. The van der Waals surface area contributed by atoms with E-state index in [4.69, 9.17) is 16.2 Å². The standard InChI is InChI=1S/C92H119F2N17O18S/c1-9-10-22-74-91(127)111-40-17-24-73(111)86(122)104-70(49-129-52-112)84(120)106-79(54(4)5)92(128)108(7)75(44-58-27-33-61(94)34-28-58)87(123)100-65(37-38-95)89(125)110-39-16-23-72(110)85(121)103-68(46-59-47-97-64-21-15-14-20-63(59)64)83(119)102-67(42-57-29-35-62(113)36-30-57)82(118)101-66(41-53(2)3)81(117)105-71(80(116)98-48-77(96)114)50-130-51-78(115)99-69(43-56-25-31-60(93)32-26-56)88(124)109(8)76(90(126)107(74)6)45-55-18-12-11-13-19-55/h11-15,18-21,25-36,47,52-54,65-76,79,97,113H,9-10,16-17,22-24,37-46,48-51,95H2,1-8H3,(H2,96,114)(H,98,116)(H,99,115)(H,100,123)(H,101,118)(H,102,119)(H,103,121)(H,104,122)(H,105,117)(H,106,120)/t65-,66-,67-,68-,69-,70-,71-,72+,73+,74-,75-,76-,79-/m0/s1. The van der Waals surface area contributed by atoms with Crippen LogP contribution in [0.25, 0.3) is 10.9 Å². The van der Waals surface area contributed by atoms with Gasteiger partial charge in [-0.05, 0) is 134 Å². The second-order valence-corrected chi connectivity index (χ2v) is 34.8. The van der Waals surface area contributed by atoms with Gasteiger partial charge in [0.2, 0.25) is 88.6 Å². The van der Waals surface area contributed by atoms with E-state index in [0.717, 1.165) is 45.8 Å². The molecule has 0 bridgehead atoms. The molecule has 38 heteroatoms. The summed E-state index contributed by atoms with van der Waals surface area (Å²) in [6, 6.07) is 11.9. The van der Waals surface area contributed by atoms with E-state index in [9.17, 15) is 47.4 Å². The Morgan fingerprint density at radius 1 is 0.538 bits per heavy atom. The highest BCUT2D eigenvalue weighted by molar-refractivity contribution is 8.00. The number of hydrogen-bond donors (Lipinski definition) is 13. The molecule has 5 aromatic carbocycles. The number of carbonyl (C=O) groups excluding carboxylic acids is 16. The summed E-state index contributed by atoms with van der Waals surface area (Å²) in [5.41, 5.74) is 14.5. The maximum atomic E-state index is 15.7. The van der Waals surface area contributed by atoms with Crippen molar-refractivity contribution in [3.8, 4) is 5.75 Å². The van der Waals surface area contributed by atoms with Crippen molar-refractivity contribution in [1.29, 1.82) is 0 Å². The lowest BCUT2D eigenvalue weighted by molar-refractivity contribution is -0.152. The number of hydrogen-bond acceptors (Lipinski definition) is 20. The summed E-state index contributed by atoms with van der Waals surface area (Å²) in [6.07, 6.45) is 1.47. The maximum Gasteiger partial charge on any atom is 0.293 e. The van der Waals surface area contributed by atoms with Crippen LogP contribution in [-0.4, -0.2) is 274 Å². The molecular formula is C92H119F2N17O18S. The minimum Gasteiger partial charge on any atom is -0.508 e. The highest BCUT2D eigenvalue weighted by atomic mass is 32.2. The van der Waals surface area contributed by atoms with Crippen molar-refractivity contribution >= 4 is 118 Å². The number of para-hydroxylation sites is 1. The van der Waals surface area contributed by atoms with E-state index in [2.05, 4.69) is 52.8 Å². The van der Waals surface area contributed by atoms with Crippen molar-refractivity contribution in [3.05, 3.63) is 173 Å². The van der Waals surface area contributed by atoms with E-state index in [-0.39, 0.29) is 115 Å². The van der Waals surface area contributed by atoms with Gasteiger partial charge in [0.1, 0.15) is 103 Å². The summed E-state index contributed by atoms with van der Waals surface area (Å²) in [7, 11) is 3.98. The number of amides is 15. The van der Waals surface area contributed by atoms with E-state index < -0.39 is 209 Å². The van der Waals surface area contributed by atoms with Gasteiger partial charge in [0.25, 0.3) is 6.47 Å². The molecule has 3 fully saturated rings. The Labute approximate surface area is 757 Å². The van der Waals surface area contributed by atoms with Crippen LogP contribution in [0.2, 0.25) is 0 Å². The molecule has 3 aliphatic heterocycles. The third-order valence-electron chi connectivity index (χ3n) is 23.4. The van der Waals surface area contributed by atoms with Crippen molar-refractivity contribution in [1.82, 2.24) is 77.3 Å². The van der Waals surface area contributed by atoms with Crippen LogP contribution >= 0.6 is 11.8 Å². The largest absolute Gasteiger partial charge is 0.508 e. The van der Waals surface area contributed by atoms with Crippen LogP contribution in [0.4, 0.5) is 8.78 Å². The minimum absolute atomic E-state index is 0.0193. The molecule has 35 nitrogen and oxygen atoms in total. The first-order chi connectivity index (χ1) is 62.1. The molecule has 700 valence electrons. The monoisotopic (exact) mass is 1820 g/mol. The second kappa shape index (κ2) is 48.5. The molecule has 4 heterocycles. The van der Waals surface area contributed by atoms with Crippen molar-refractivity contribution in [3.63, 3.8) is 0 Å². The molecule has 15 N–H and O–H groups in total. The number of carbonyl (C=O) groups is 16. The number of phenolic OH excluding ortho intramolecular Hbond substituents is 1. The van der Waals surface area contributed by atoms with Gasteiger partial charge in [-0.3, -0.25) is 76.7 Å². The molecule has 0 radical (unpaired) electrons. The van der Waals surface area contributed by atoms with Gasteiger partial charge >= 0.3 is 0 Å². The van der Waals surface area contributed by atoms with E-state index >= 15 is 43.2 Å². The Hall–Kier alpha value is -12.9. The molecule has 0 spiro atoms. The van der Waals surface area contributed by atoms with Gasteiger partial charge in [0, 0.05) is 89.2 Å². The number of aromatic hydroxyl groups is 1. The lowest BCUT2D eigenvalue weighted by Gasteiger charge is -2.38. The number of ether oxygens (including phenoxy) is 1. The van der Waals surface area contributed by atoms with Gasteiger partial charge in [-0.2, -0.15) is 0 Å². The first-order valence-electron chi connectivity index (χ1n) is 43.7. The zero-order valence-corrected chi connectivity index (χ0v) is 75.0. The lowest BCUT2D eigenvalue weighted by atomic mass is 9.98. The molecule has 13 atom stereocenters. The summed E-state index contributed by atoms with van der Waals surface area (Å²) >= 11 is 0.795. The van der Waals surface area contributed by atoms with Crippen LogP contribution in [0.1, 0.15) is 120 Å². The van der Waals surface area contributed by atoms with Crippen molar-refractivity contribution in [2.24, 2.45) is 23.3 Å². The quantitative estimate of drug-likeness (QED) is 0.0384. The van der Waals surface area contributed by atoms with E-state index in [0.29, 0.717) is 51.6 Å². The average Bonchev–Trinajstić information content (AvgIpc) is 1.52. The SMILES string of the molecule is CCCC[C@H]1C(=O)N2CCC[C@@H]2C(=O)N[C@@H](COC=O)C(=O)N[C@@H](C(C)C)C(=O)N(C)[C@@H](Cc2ccc(F)cc2)C(=O)N[C@@H](CCN)C(=O)N2CCC[C@@H]2C(=O)N[C@@H](Cc2c[nH]c3ccccc23)C(=O)N[C@@H](Cc2ccc(O)cc2)C(=O)N[C@@H](CC(C)C)C(=O)N[C@H](C(=O)NCC(N)=O)CSCC(=O)N[C@@H](Cc2ccc(F)cc2)C(=O)N(C)[C@@H](Cc2ccccc2)C(=O)N1C. The second-order valence-electron chi connectivity index (χ2n) is 33.8. The Morgan fingerprint density at radius 2 is 1.05 bits per heavy atom. The number of aromatic amines is 1. The number of phenols is 1. The number of nitrogens with zero attached hydrogens (tertiary/aromatic N) is 5. The normalized spacial score (nSPS) is 23.8. The van der Waals surface area contributed by atoms with Crippen LogP contribution < -0.4 is 59.3 Å². The number of nitrogens with two attached hydrogens (primary N) is 2. The molecule has 3 aliphatic rings. The molecular weight excluding hydrogens is 1700 g/mol. The van der Waals surface area contributed by atoms with E-state index in [1.54, 1.807) is 88.5 Å². The summed E-state index contributed by atoms with van der Waals surface area (Å²) in [5.74, 6) is -16.8. The highest BCUT2D eigenvalue weighted by Gasteiger charge is 2.46. The van der Waals surface area contributed by atoms with Gasteiger partial charge < -0.3 is 98.6 Å². The number of H-pyrrole nitrogens is 1. The van der Waals surface area contributed by atoms with Crippen molar-refractivity contribution < 1.29 is 95.3 Å². The van der Waals surface area contributed by atoms with Gasteiger partial charge in [0.05, 0.1) is 12.3 Å². The first-order valence-corrected chi connectivity index (χ1v) is 44.8. The smallest absolute Gasteiger partial charge is 0.293 e. The van der Waals surface area contributed by atoms with Gasteiger partial charge in [-0.15, -0.1) is 11.8 Å². The Morgan fingerprint density at radius 3 is 1.64 bits per heavy atom. The summed E-state index contributed by atoms with van der Waals surface area (Å²) in [4.78, 5) is 245. The minimum atomic E-state index is -1.75. The average molecular weight is 1820 g/mol. The molecule has 0 unspecified atom stereocenters. The molecule has 1 aromatic heterocycles. The zero-order valence-electron chi connectivity index (χ0n) is 74.2. The number of thioether (sulfide) groups is 1. The van der Waals surface area contributed by atoms with Gasteiger partial charge in [0.15, 0.2) is 0 Å². The number of rotatable bonds is 24. The summed E-state index contributed by atoms with van der Waals surface area (Å²) < 4.78 is 34.3. The fraction of sp³-hybridized carbons (Fsp3) is 0.478. The number of nitrogens with one attached hydrogen (secondary N) is 10.